The summed E-state index contributed by atoms with van der Waals surface area (Å²) in [5, 5.41) is 8.71. The molecule has 2 rings (SSSR count). The van der Waals surface area contributed by atoms with Crippen molar-refractivity contribution >= 4 is 34.6 Å². The van der Waals surface area contributed by atoms with Gasteiger partial charge in [-0.25, -0.2) is 0 Å². The van der Waals surface area contributed by atoms with E-state index in [0.29, 0.717) is 22.9 Å². The van der Waals surface area contributed by atoms with E-state index < -0.39 is 17.6 Å². The number of carbonyl (C=O) groups excluding carboxylic acids is 1. The Bertz CT molecular complexity index is 778. The van der Waals surface area contributed by atoms with Crippen LogP contribution >= 0.6 is 12.2 Å². The molecule has 0 fully saturated rings. The smallest absolute Gasteiger partial charge is 0.363 e. The largest absolute Gasteiger partial charge is 0.416 e. The Hall–Kier alpha value is -2.61. The van der Waals surface area contributed by atoms with Gasteiger partial charge in [-0.05, 0) is 55.5 Å². The lowest BCUT2D eigenvalue weighted by atomic mass is 10.1. The highest BCUT2D eigenvalue weighted by molar-refractivity contribution is 7.80. The van der Waals surface area contributed by atoms with Gasteiger partial charge >= 0.3 is 6.18 Å². The Morgan fingerprint density at radius 3 is 2.32 bits per heavy atom. The van der Waals surface area contributed by atoms with Crippen molar-refractivity contribution in [3.8, 4) is 0 Å². The molecule has 0 bridgehead atoms. The second kappa shape index (κ2) is 7.98. The van der Waals surface area contributed by atoms with Gasteiger partial charge in [0.2, 0.25) is 0 Å². The number of benzene rings is 2. The van der Waals surface area contributed by atoms with E-state index in [9.17, 15) is 18.0 Å². The molecule has 0 saturated heterocycles. The van der Waals surface area contributed by atoms with Crippen LogP contribution < -0.4 is 16.0 Å². The van der Waals surface area contributed by atoms with E-state index >= 15 is 0 Å². The summed E-state index contributed by atoms with van der Waals surface area (Å²) in [4.78, 5) is 12.3. The van der Waals surface area contributed by atoms with E-state index in [1.165, 1.54) is 12.1 Å². The van der Waals surface area contributed by atoms with Gasteiger partial charge in [0.25, 0.3) is 5.91 Å². The molecule has 0 aliphatic carbocycles. The number of rotatable bonds is 4. The molecule has 4 nitrogen and oxygen atoms in total. The van der Waals surface area contributed by atoms with Crippen LogP contribution in [-0.2, 0) is 6.18 Å². The summed E-state index contributed by atoms with van der Waals surface area (Å²) in [6, 6.07) is 11.0. The zero-order chi connectivity index (χ0) is 18.4. The Kier molecular flexibility index (Phi) is 5.97. The topological polar surface area (TPSA) is 53.2 Å². The average molecular weight is 367 g/mol. The van der Waals surface area contributed by atoms with Crippen molar-refractivity contribution in [2.24, 2.45) is 0 Å². The Labute approximate surface area is 148 Å². The van der Waals surface area contributed by atoms with Crippen LogP contribution in [0.3, 0.4) is 0 Å². The van der Waals surface area contributed by atoms with Crippen LogP contribution in [0.4, 0.5) is 24.5 Å². The number of hydrogen-bond acceptors (Lipinski definition) is 2. The van der Waals surface area contributed by atoms with E-state index in [2.05, 4.69) is 16.0 Å². The Morgan fingerprint density at radius 2 is 1.68 bits per heavy atom. The third-order valence-electron chi connectivity index (χ3n) is 3.17. The minimum atomic E-state index is -4.47. The van der Waals surface area contributed by atoms with Gasteiger partial charge in [-0.15, -0.1) is 0 Å². The third-order valence-corrected chi connectivity index (χ3v) is 3.41. The Balaban J connectivity index is 2.12. The third kappa shape index (κ3) is 5.46. The van der Waals surface area contributed by atoms with Crippen molar-refractivity contribution in [1.29, 1.82) is 0 Å². The lowest BCUT2D eigenvalue weighted by Gasteiger charge is -2.11. The number of thiocarbonyl (C=S) groups is 1. The van der Waals surface area contributed by atoms with Gasteiger partial charge in [-0.2, -0.15) is 13.2 Å². The summed E-state index contributed by atoms with van der Waals surface area (Å²) >= 11 is 5.07. The number of hydrogen-bond donors (Lipinski definition) is 3. The van der Waals surface area contributed by atoms with E-state index in [4.69, 9.17) is 12.2 Å². The highest BCUT2D eigenvalue weighted by Gasteiger charge is 2.30. The molecule has 0 heterocycles. The molecule has 0 spiro atoms. The fourth-order valence-corrected chi connectivity index (χ4v) is 2.31. The maximum absolute atomic E-state index is 12.7. The molecule has 3 N–H and O–H groups in total. The van der Waals surface area contributed by atoms with Crippen molar-refractivity contribution in [2.75, 3.05) is 17.2 Å². The molecule has 1 amide bonds. The van der Waals surface area contributed by atoms with Gasteiger partial charge < -0.3 is 16.0 Å². The highest BCUT2D eigenvalue weighted by atomic mass is 32.1. The van der Waals surface area contributed by atoms with Gasteiger partial charge in [0.15, 0.2) is 5.11 Å². The number of alkyl halides is 3. The first kappa shape index (κ1) is 18.7. The molecule has 0 aliphatic rings. The molecule has 0 radical (unpaired) electrons. The van der Waals surface area contributed by atoms with Crippen molar-refractivity contribution in [1.82, 2.24) is 5.32 Å². The molecular formula is C17H16F3N3OS. The van der Waals surface area contributed by atoms with Crippen LogP contribution in [0.2, 0.25) is 0 Å². The highest BCUT2D eigenvalue weighted by Crippen LogP contribution is 2.30. The molecular weight excluding hydrogens is 351 g/mol. The maximum atomic E-state index is 12.7. The molecule has 2 aromatic carbocycles. The minimum Gasteiger partial charge on any atom is -0.363 e. The van der Waals surface area contributed by atoms with Gasteiger partial charge in [-0.3, -0.25) is 4.79 Å². The summed E-state index contributed by atoms with van der Waals surface area (Å²) in [6.07, 6.45) is -4.47. The van der Waals surface area contributed by atoms with Crippen LogP contribution in [-0.4, -0.2) is 17.6 Å². The van der Waals surface area contributed by atoms with E-state index in [1.807, 2.05) is 6.92 Å². The number of carbonyl (C=O) groups is 1. The second-order valence-corrected chi connectivity index (χ2v) is 5.51. The second-order valence-electron chi connectivity index (χ2n) is 5.10. The molecule has 8 heteroatoms. The predicted octanol–water partition coefficient (Wildman–Crippen LogP) is 4.26. The van der Waals surface area contributed by atoms with Crippen molar-refractivity contribution < 1.29 is 18.0 Å². The maximum Gasteiger partial charge on any atom is 0.416 e. The fraction of sp³-hybridized carbons (Fsp3) is 0.176. The van der Waals surface area contributed by atoms with Crippen LogP contribution in [0.15, 0.2) is 48.5 Å². The zero-order valence-corrected chi connectivity index (χ0v) is 14.1. The first-order valence-electron chi connectivity index (χ1n) is 7.43. The lowest BCUT2D eigenvalue weighted by molar-refractivity contribution is -0.137. The molecule has 25 heavy (non-hydrogen) atoms. The van der Waals surface area contributed by atoms with Crippen LogP contribution in [0.5, 0.6) is 0 Å². The summed E-state index contributed by atoms with van der Waals surface area (Å²) in [5.74, 6) is -0.516. The van der Waals surface area contributed by atoms with Crippen LogP contribution in [0.1, 0.15) is 22.8 Å². The van der Waals surface area contributed by atoms with Crippen molar-refractivity contribution in [3.05, 3.63) is 59.7 Å². The molecule has 132 valence electrons. The van der Waals surface area contributed by atoms with Crippen LogP contribution in [0.25, 0.3) is 0 Å². The van der Waals surface area contributed by atoms with Gasteiger partial charge in [0.1, 0.15) is 0 Å². The van der Waals surface area contributed by atoms with Crippen LogP contribution in [0, 0.1) is 0 Å². The first-order valence-corrected chi connectivity index (χ1v) is 7.84. The SMILES string of the molecule is CCNC(=S)Nc1cccc(C(=O)Nc2cccc(C(F)(F)F)c2)c1. The number of anilines is 2. The number of nitrogens with one attached hydrogen (secondary N) is 3. The standard InChI is InChI=1S/C17H16F3N3OS/c1-2-21-16(25)23-13-7-3-5-11(9-13)15(24)22-14-8-4-6-12(10-14)17(18,19)20/h3-10H,2H2,1H3,(H,22,24)(H2,21,23,25). The van der Waals surface area contributed by atoms with Crippen molar-refractivity contribution in [2.45, 2.75) is 13.1 Å². The first-order chi connectivity index (χ1) is 11.8. The molecule has 0 aliphatic heterocycles. The van der Waals surface area contributed by atoms with E-state index in [1.54, 1.807) is 24.3 Å². The average Bonchev–Trinajstić information content (AvgIpc) is 2.54. The summed E-state index contributed by atoms with van der Waals surface area (Å²) in [7, 11) is 0. The van der Waals surface area contributed by atoms with E-state index in [-0.39, 0.29) is 5.69 Å². The van der Waals surface area contributed by atoms with Gasteiger partial charge in [0, 0.05) is 23.5 Å². The number of amides is 1. The Morgan fingerprint density at radius 1 is 1.04 bits per heavy atom. The van der Waals surface area contributed by atoms with Crippen molar-refractivity contribution in [3.63, 3.8) is 0 Å². The molecule has 0 atom stereocenters. The monoisotopic (exact) mass is 367 g/mol. The van der Waals surface area contributed by atoms with Gasteiger partial charge in [0.05, 0.1) is 5.56 Å². The summed E-state index contributed by atoms with van der Waals surface area (Å²) in [5.41, 5.74) is 0.141. The predicted molar refractivity (Wildman–Crippen MR) is 95.7 cm³/mol. The molecule has 0 saturated carbocycles. The summed E-state index contributed by atoms with van der Waals surface area (Å²) in [6.45, 7) is 2.55. The molecule has 2 aromatic rings. The quantitative estimate of drug-likeness (QED) is 0.707. The minimum absolute atomic E-state index is 0.0707. The molecule has 0 aromatic heterocycles. The van der Waals surface area contributed by atoms with Gasteiger partial charge in [-0.1, -0.05) is 12.1 Å². The number of halogens is 3. The molecule has 0 unspecified atom stereocenters. The van der Waals surface area contributed by atoms with E-state index in [0.717, 1.165) is 12.1 Å². The fourth-order valence-electron chi connectivity index (χ4n) is 2.05. The lowest BCUT2D eigenvalue weighted by Crippen LogP contribution is -2.28. The normalized spacial score (nSPS) is 10.9. The summed E-state index contributed by atoms with van der Waals surface area (Å²) < 4.78 is 38.2. The zero-order valence-electron chi connectivity index (χ0n) is 13.3.